The second kappa shape index (κ2) is 7.30. The Morgan fingerprint density at radius 3 is 2.14 bits per heavy atom. The van der Waals surface area contributed by atoms with Crippen LogP contribution in [0.15, 0.2) is 77.1 Å². The number of ether oxygens (including phenoxy) is 1. The minimum Gasteiger partial charge on any atom is -0.497 e. The van der Waals surface area contributed by atoms with Gasteiger partial charge in [0.1, 0.15) is 5.75 Å². The van der Waals surface area contributed by atoms with E-state index in [9.17, 15) is 0 Å². The molecule has 0 spiro atoms. The lowest BCUT2D eigenvalue weighted by atomic mass is 10.1. The fraction of sp³-hybridized carbons (Fsp3) is 0.0909. The first kappa shape index (κ1) is 17.3. The maximum atomic E-state index is 5.20. The van der Waals surface area contributed by atoms with E-state index in [1.807, 2.05) is 24.3 Å². The fourth-order valence-electron chi connectivity index (χ4n) is 3.44. The molecule has 28 heavy (non-hydrogen) atoms. The van der Waals surface area contributed by atoms with Crippen molar-refractivity contribution in [2.24, 2.45) is 0 Å². The number of methoxy groups -OCH3 is 1. The van der Waals surface area contributed by atoms with Gasteiger partial charge < -0.3 is 10.1 Å². The van der Waals surface area contributed by atoms with Crippen LogP contribution in [0, 0.1) is 0 Å². The summed E-state index contributed by atoms with van der Waals surface area (Å²) in [4.78, 5) is 0. The third-order valence-corrected chi connectivity index (χ3v) is 6.94. The lowest BCUT2D eigenvalue weighted by Gasteiger charge is -2.10. The molecule has 3 aromatic carbocycles. The lowest BCUT2D eigenvalue weighted by molar-refractivity contribution is 0.415. The molecule has 0 saturated heterocycles. The summed E-state index contributed by atoms with van der Waals surface area (Å²) in [5.41, 5.74) is 6.28. The summed E-state index contributed by atoms with van der Waals surface area (Å²) in [6.45, 7) is 0. The predicted octanol–water partition coefficient (Wildman–Crippen LogP) is 6.15. The molecule has 0 fully saturated rings. The Morgan fingerprint density at radius 2 is 1.50 bits per heavy atom. The second-order valence-electron chi connectivity index (χ2n) is 6.40. The Hall–Kier alpha value is -2.83. The molecule has 0 radical (unpaired) electrons. The quantitative estimate of drug-likeness (QED) is 0.433. The molecule has 1 N–H and O–H groups in total. The highest BCUT2D eigenvalue weighted by molar-refractivity contribution is 8.01. The van der Waals surface area contributed by atoms with Crippen molar-refractivity contribution in [3.63, 3.8) is 0 Å². The van der Waals surface area contributed by atoms with Gasteiger partial charge in [0, 0.05) is 5.69 Å². The van der Waals surface area contributed by atoms with Gasteiger partial charge in [0.15, 0.2) is 4.34 Å². The number of hydrogen-bond acceptors (Lipinski definition) is 6. The molecule has 4 aromatic rings. The maximum Gasteiger partial charge on any atom is 0.210 e. The molecule has 138 valence electrons. The number of anilines is 2. The van der Waals surface area contributed by atoms with Gasteiger partial charge in [-0.3, -0.25) is 0 Å². The maximum absolute atomic E-state index is 5.20. The summed E-state index contributed by atoms with van der Waals surface area (Å²) in [6, 6.07) is 25.0. The van der Waals surface area contributed by atoms with Crippen molar-refractivity contribution >= 4 is 33.9 Å². The number of thioether (sulfide) groups is 1. The Balaban J connectivity index is 1.38. The van der Waals surface area contributed by atoms with Crippen LogP contribution in [-0.2, 0) is 0 Å². The Morgan fingerprint density at radius 1 is 0.857 bits per heavy atom. The van der Waals surface area contributed by atoms with E-state index in [-0.39, 0.29) is 5.25 Å². The van der Waals surface area contributed by atoms with Crippen molar-refractivity contribution in [2.45, 2.75) is 9.59 Å². The number of benzene rings is 3. The van der Waals surface area contributed by atoms with Gasteiger partial charge in [-0.25, -0.2) is 0 Å². The number of aromatic nitrogens is 2. The largest absolute Gasteiger partial charge is 0.497 e. The van der Waals surface area contributed by atoms with Gasteiger partial charge in [-0.15, -0.1) is 10.2 Å². The van der Waals surface area contributed by atoms with E-state index >= 15 is 0 Å². The van der Waals surface area contributed by atoms with Crippen LogP contribution in [-0.4, -0.2) is 17.3 Å². The molecule has 5 rings (SSSR count). The summed E-state index contributed by atoms with van der Waals surface area (Å²) in [5, 5.41) is 13.1. The van der Waals surface area contributed by atoms with Crippen molar-refractivity contribution in [3.05, 3.63) is 83.9 Å². The summed E-state index contributed by atoms with van der Waals surface area (Å²) >= 11 is 3.33. The SMILES string of the molecule is COc1ccc(Nc2nnc(SC3c4ccccc4-c4ccccc43)s2)cc1. The molecule has 0 aliphatic heterocycles. The van der Waals surface area contributed by atoms with E-state index in [1.54, 1.807) is 30.2 Å². The van der Waals surface area contributed by atoms with Crippen LogP contribution in [0.2, 0.25) is 0 Å². The molecular weight excluding hydrogens is 386 g/mol. The Kier molecular flexibility index (Phi) is 4.50. The molecule has 0 bridgehead atoms. The van der Waals surface area contributed by atoms with Gasteiger partial charge in [0.25, 0.3) is 0 Å². The molecule has 4 nitrogen and oxygen atoms in total. The molecule has 1 aliphatic rings. The van der Waals surface area contributed by atoms with Gasteiger partial charge >= 0.3 is 0 Å². The van der Waals surface area contributed by atoms with Crippen LogP contribution < -0.4 is 10.1 Å². The molecule has 0 unspecified atom stereocenters. The van der Waals surface area contributed by atoms with Crippen molar-refractivity contribution in [2.75, 3.05) is 12.4 Å². The minimum absolute atomic E-state index is 0.245. The molecule has 1 aliphatic carbocycles. The van der Waals surface area contributed by atoms with Crippen LogP contribution in [0.25, 0.3) is 11.1 Å². The molecular formula is C22H17N3OS2. The van der Waals surface area contributed by atoms with Gasteiger partial charge in [0.05, 0.1) is 12.4 Å². The van der Waals surface area contributed by atoms with Crippen molar-refractivity contribution in [1.29, 1.82) is 0 Å². The van der Waals surface area contributed by atoms with E-state index < -0.39 is 0 Å². The zero-order chi connectivity index (χ0) is 18.9. The van der Waals surface area contributed by atoms with Crippen LogP contribution in [0.3, 0.4) is 0 Å². The average Bonchev–Trinajstić information content (AvgIpc) is 3.32. The monoisotopic (exact) mass is 403 g/mol. The van der Waals surface area contributed by atoms with Crippen molar-refractivity contribution in [1.82, 2.24) is 10.2 Å². The lowest BCUT2D eigenvalue weighted by Crippen LogP contribution is -1.90. The molecule has 1 aromatic heterocycles. The Labute approximate surface area is 171 Å². The normalized spacial score (nSPS) is 12.5. The van der Waals surface area contributed by atoms with Crippen LogP contribution >= 0.6 is 23.1 Å². The Bertz CT molecular complexity index is 1080. The van der Waals surface area contributed by atoms with E-state index in [0.717, 1.165) is 20.9 Å². The molecule has 0 saturated carbocycles. The van der Waals surface area contributed by atoms with Gasteiger partial charge in [-0.1, -0.05) is 71.6 Å². The highest BCUT2D eigenvalue weighted by atomic mass is 32.2. The summed E-state index contributed by atoms with van der Waals surface area (Å²) < 4.78 is 6.15. The molecule has 6 heteroatoms. The van der Waals surface area contributed by atoms with E-state index in [2.05, 4.69) is 64.0 Å². The van der Waals surface area contributed by atoms with Gasteiger partial charge in [0.2, 0.25) is 5.13 Å². The zero-order valence-corrected chi connectivity index (χ0v) is 16.8. The summed E-state index contributed by atoms with van der Waals surface area (Å²) in [6.07, 6.45) is 0. The highest BCUT2D eigenvalue weighted by Gasteiger charge is 2.29. The van der Waals surface area contributed by atoms with Gasteiger partial charge in [-0.05, 0) is 46.5 Å². The van der Waals surface area contributed by atoms with Crippen LogP contribution in [0.1, 0.15) is 16.4 Å². The van der Waals surface area contributed by atoms with Gasteiger partial charge in [-0.2, -0.15) is 0 Å². The standard InChI is InChI=1S/C22H17N3OS2/c1-26-15-12-10-14(11-13-15)23-21-24-25-22(28-21)27-20-18-8-4-2-6-16(18)17-7-3-5-9-19(17)20/h2-13,20H,1H3,(H,23,24). The highest BCUT2D eigenvalue weighted by Crippen LogP contribution is 2.52. The number of fused-ring (bicyclic) bond motifs is 3. The summed E-state index contributed by atoms with van der Waals surface area (Å²) in [5.74, 6) is 0.831. The first-order chi connectivity index (χ1) is 13.8. The van der Waals surface area contributed by atoms with E-state index in [1.165, 1.54) is 22.3 Å². The number of rotatable bonds is 5. The summed E-state index contributed by atoms with van der Waals surface area (Å²) in [7, 11) is 1.66. The van der Waals surface area contributed by atoms with Crippen LogP contribution in [0.5, 0.6) is 5.75 Å². The average molecular weight is 404 g/mol. The number of nitrogens with one attached hydrogen (secondary N) is 1. The molecule has 0 atom stereocenters. The predicted molar refractivity (Wildman–Crippen MR) is 116 cm³/mol. The second-order valence-corrected chi connectivity index (χ2v) is 8.73. The third-order valence-electron chi connectivity index (χ3n) is 4.74. The topological polar surface area (TPSA) is 47.0 Å². The van der Waals surface area contributed by atoms with Crippen molar-refractivity contribution in [3.8, 4) is 16.9 Å². The number of hydrogen-bond donors (Lipinski definition) is 1. The minimum atomic E-state index is 0.245. The van der Waals surface area contributed by atoms with E-state index in [4.69, 9.17) is 4.74 Å². The molecule has 0 amide bonds. The van der Waals surface area contributed by atoms with Crippen molar-refractivity contribution < 1.29 is 4.74 Å². The zero-order valence-electron chi connectivity index (χ0n) is 15.1. The smallest absolute Gasteiger partial charge is 0.210 e. The first-order valence-electron chi connectivity index (χ1n) is 8.91. The molecule has 1 heterocycles. The van der Waals surface area contributed by atoms with Crippen LogP contribution in [0.4, 0.5) is 10.8 Å². The first-order valence-corrected chi connectivity index (χ1v) is 10.6. The van der Waals surface area contributed by atoms with E-state index in [0.29, 0.717) is 0 Å². The number of nitrogens with zero attached hydrogens (tertiary/aromatic N) is 2. The fourth-order valence-corrected chi connectivity index (χ4v) is 5.61. The third kappa shape index (κ3) is 3.15.